The van der Waals surface area contributed by atoms with E-state index < -0.39 is 0 Å². The van der Waals surface area contributed by atoms with Gasteiger partial charge in [0.15, 0.2) is 0 Å². The number of likely N-dealkylation sites (tertiary alicyclic amines) is 1. The van der Waals surface area contributed by atoms with Gasteiger partial charge in [-0.3, -0.25) is 9.80 Å². The molecule has 1 N–H and O–H groups in total. The van der Waals surface area contributed by atoms with Crippen molar-refractivity contribution in [2.75, 3.05) is 26.7 Å². The standard InChI is InChI=1S/C29H36FN3O3/c1-6-33-28(35)32-17-22-14-23(36-5)15-24(34)26(22)18(2)13-25(32)29(33)7-9-31(10-8-29)16-21-11-19(3)27(30)20(4)12-21/h11-15,18,34H,6-10,16-17H2,1-5H3/t18-/m0/s1. The van der Waals surface area contributed by atoms with Crippen molar-refractivity contribution in [3.8, 4) is 11.5 Å². The number of ether oxygens (including phenoxy) is 1. The van der Waals surface area contributed by atoms with Crippen molar-refractivity contribution in [1.82, 2.24) is 14.7 Å². The van der Waals surface area contributed by atoms with Gasteiger partial charge in [-0.15, -0.1) is 0 Å². The average Bonchev–Trinajstić information content (AvgIpc) is 2.94. The normalized spacial score (nSPS) is 21.3. The van der Waals surface area contributed by atoms with E-state index in [4.69, 9.17) is 4.74 Å². The van der Waals surface area contributed by atoms with Gasteiger partial charge in [-0.05, 0) is 61.9 Å². The minimum atomic E-state index is -0.354. The Balaban J connectivity index is 1.43. The first kappa shape index (κ1) is 24.6. The van der Waals surface area contributed by atoms with Crippen LogP contribution in [0.15, 0.2) is 36.0 Å². The first-order valence-corrected chi connectivity index (χ1v) is 12.9. The number of rotatable bonds is 4. The number of hydrogen-bond donors (Lipinski definition) is 1. The molecule has 7 heteroatoms. The summed E-state index contributed by atoms with van der Waals surface area (Å²) in [6.07, 6.45) is 3.87. The van der Waals surface area contributed by atoms with E-state index in [0.29, 0.717) is 30.0 Å². The number of piperidine rings is 1. The molecule has 5 rings (SSSR count). The smallest absolute Gasteiger partial charge is 0.325 e. The van der Waals surface area contributed by atoms with Crippen molar-refractivity contribution in [3.05, 3.63) is 69.7 Å². The summed E-state index contributed by atoms with van der Waals surface area (Å²) in [5, 5.41) is 10.8. The van der Waals surface area contributed by atoms with E-state index in [0.717, 1.165) is 54.9 Å². The molecule has 2 saturated heterocycles. The maximum atomic E-state index is 14.1. The van der Waals surface area contributed by atoms with E-state index in [9.17, 15) is 14.3 Å². The summed E-state index contributed by atoms with van der Waals surface area (Å²) in [5.74, 6) is 0.646. The van der Waals surface area contributed by atoms with Gasteiger partial charge in [-0.1, -0.05) is 25.1 Å². The Kier molecular flexibility index (Phi) is 6.23. The molecule has 3 aliphatic rings. The van der Waals surface area contributed by atoms with Crippen LogP contribution in [0, 0.1) is 19.7 Å². The summed E-state index contributed by atoms with van der Waals surface area (Å²) >= 11 is 0. The van der Waals surface area contributed by atoms with Crippen LogP contribution in [0.5, 0.6) is 11.5 Å². The number of phenolic OH excluding ortho intramolecular Hbond substituents is 1. The summed E-state index contributed by atoms with van der Waals surface area (Å²) in [6, 6.07) is 7.51. The second-order valence-corrected chi connectivity index (χ2v) is 10.5. The minimum Gasteiger partial charge on any atom is -0.507 e. The van der Waals surface area contributed by atoms with E-state index in [1.165, 1.54) is 0 Å². The number of carbonyl (C=O) groups excluding carboxylic acids is 1. The third-order valence-corrected chi connectivity index (χ3v) is 8.29. The molecule has 2 amide bonds. The number of halogens is 1. The maximum Gasteiger partial charge on any atom is 0.325 e. The van der Waals surface area contributed by atoms with Gasteiger partial charge in [0, 0.05) is 49.4 Å². The number of likely N-dealkylation sites (N-methyl/N-ethyl adjacent to an activating group) is 1. The predicted octanol–water partition coefficient (Wildman–Crippen LogP) is 5.45. The average molecular weight is 494 g/mol. The number of aryl methyl sites for hydroxylation is 2. The molecule has 2 fully saturated rings. The fraction of sp³-hybridized carbons (Fsp3) is 0.483. The molecule has 2 aromatic rings. The number of allylic oxidation sites excluding steroid dienone is 1. The highest BCUT2D eigenvalue weighted by atomic mass is 19.1. The predicted molar refractivity (Wildman–Crippen MR) is 138 cm³/mol. The Labute approximate surface area is 212 Å². The molecule has 36 heavy (non-hydrogen) atoms. The second kappa shape index (κ2) is 9.11. The van der Waals surface area contributed by atoms with E-state index >= 15 is 0 Å². The van der Waals surface area contributed by atoms with Crippen LogP contribution >= 0.6 is 0 Å². The van der Waals surface area contributed by atoms with Crippen LogP contribution in [0.1, 0.15) is 60.4 Å². The van der Waals surface area contributed by atoms with Gasteiger partial charge >= 0.3 is 6.03 Å². The molecule has 1 spiro atoms. The van der Waals surface area contributed by atoms with Crippen molar-refractivity contribution >= 4 is 6.03 Å². The van der Waals surface area contributed by atoms with Gasteiger partial charge in [0.05, 0.1) is 19.2 Å². The molecule has 6 nitrogen and oxygen atoms in total. The molecule has 0 aliphatic carbocycles. The molecule has 2 aromatic carbocycles. The van der Waals surface area contributed by atoms with Crippen LogP contribution in [0.4, 0.5) is 9.18 Å². The Hall–Kier alpha value is -3.06. The summed E-state index contributed by atoms with van der Waals surface area (Å²) in [7, 11) is 1.59. The zero-order valence-corrected chi connectivity index (χ0v) is 21.9. The lowest BCUT2D eigenvalue weighted by Crippen LogP contribution is -2.53. The first-order chi connectivity index (χ1) is 17.2. The van der Waals surface area contributed by atoms with Crippen LogP contribution < -0.4 is 4.74 Å². The summed E-state index contributed by atoms with van der Waals surface area (Å²) in [4.78, 5) is 20.1. The van der Waals surface area contributed by atoms with E-state index in [1.807, 2.05) is 41.8 Å². The molecule has 0 unspecified atom stereocenters. The van der Waals surface area contributed by atoms with Crippen molar-refractivity contribution in [2.45, 2.75) is 65.1 Å². The number of amides is 2. The zero-order valence-electron chi connectivity index (χ0n) is 21.9. The summed E-state index contributed by atoms with van der Waals surface area (Å²) in [5.41, 5.74) is 4.99. The largest absolute Gasteiger partial charge is 0.507 e. The number of nitrogens with zero attached hydrogens (tertiary/aromatic N) is 3. The van der Waals surface area contributed by atoms with Crippen LogP contribution in [-0.2, 0) is 13.1 Å². The molecular weight excluding hydrogens is 457 g/mol. The fourth-order valence-corrected chi connectivity index (χ4v) is 6.58. The lowest BCUT2D eigenvalue weighted by Gasteiger charge is -2.44. The highest BCUT2D eigenvalue weighted by molar-refractivity contribution is 5.83. The number of methoxy groups -OCH3 is 1. The molecule has 0 bridgehead atoms. The van der Waals surface area contributed by atoms with Gasteiger partial charge in [0.2, 0.25) is 0 Å². The van der Waals surface area contributed by atoms with Crippen LogP contribution in [0.3, 0.4) is 0 Å². The highest BCUT2D eigenvalue weighted by Crippen LogP contribution is 2.48. The third-order valence-electron chi connectivity index (χ3n) is 8.29. The van der Waals surface area contributed by atoms with Crippen molar-refractivity contribution in [3.63, 3.8) is 0 Å². The number of aromatic hydroxyl groups is 1. The first-order valence-electron chi connectivity index (χ1n) is 12.9. The maximum absolute atomic E-state index is 14.1. The van der Waals surface area contributed by atoms with Crippen molar-refractivity contribution in [2.24, 2.45) is 0 Å². The number of carbonyl (C=O) groups is 1. The van der Waals surface area contributed by atoms with Gasteiger partial charge in [0.1, 0.15) is 17.3 Å². The van der Waals surface area contributed by atoms with Crippen molar-refractivity contribution < 1.29 is 19.0 Å². The van der Waals surface area contributed by atoms with E-state index in [-0.39, 0.29) is 29.1 Å². The third kappa shape index (κ3) is 3.84. The number of hydrogen-bond acceptors (Lipinski definition) is 4. The van der Waals surface area contributed by atoms with Gasteiger partial charge in [-0.2, -0.15) is 0 Å². The van der Waals surface area contributed by atoms with Crippen molar-refractivity contribution in [1.29, 1.82) is 0 Å². The van der Waals surface area contributed by atoms with Crippen LogP contribution in [0.25, 0.3) is 0 Å². The quantitative estimate of drug-likeness (QED) is 0.615. The molecule has 0 saturated carbocycles. The lowest BCUT2D eigenvalue weighted by atomic mass is 9.82. The molecule has 1 atom stereocenters. The highest BCUT2D eigenvalue weighted by Gasteiger charge is 2.54. The topological polar surface area (TPSA) is 56.3 Å². The fourth-order valence-electron chi connectivity index (χ4n) is 6.58. The Morgan fingerprint density at radius 3 is 2.42 bits per heavy atom. The molecule has 0 radical (unpaired) electrons. The number of urea groups is 1. The number of benzene rings is 2. The molecule has 3 aliphatic heterocycles. The van der Waals surface area contributed by atoms with Gasteiger partial charge in [0.25, 0.3) is 0 Å². The van der Waals surface area contributed by atoms with E-state index in [2.05, 4.69) is 24.8 Å². The Bertz CT molecular complexity index is 1210. The molecule has 0 aromatic heterocycles. The summed E-state index contributed by atoms with van der Waals surface area (Å²) < 4.78 is 19.5. The lowest BCUT2D eigenvalue weighted by molar-refractivity contribution is 0.0887. The number of fused-ring (bicyclic) bond motifs is 3. The monoisotopic (exact) mass is 493 g/mol. The molecule has 192 valence electrons. The zero-order chi connectivity index (χ0) is 25.8. The summed E-state index contributed by atoms with van der Waals surface area (Å²) in [6.45, 7) is 11.3. The minimum absolute atomic E-state index is 0.0318. The van der Waals surface area contributed by atoms with E-state index in [1.54, 1.807) is 13.2 Å². The second-order valence-electron chi connectivity index (χ2n) is 10.5. The van der Waals surface area contributed by atoms with Gasteiger partial charge < -0.3 is 14.7 Å². The van der Waals surface area contributed by atoms with Gasteiger partial charge in [-0.25, -0.2) is 9.18 Å². The SMILES string of the molecule is CCN1C(=O)N2Cc3cc(OC)cc(O)c3[C@@H](C)C=C2C12CCN(Cc1cc(C)c(F)c(C)c1)CC2. The Morgan fingerprint density at radius 1 is 1.14 bits per heavy atom. The van der Waals surface area contributed by atoms with Crippen LogP contribution in [0.2, 0.25) is 0 Å². The Morgan fingerprint density at radius 2 is 1.81 bits per heavy atom. The van der Waals surface area contributed by atoms with Crippen LogP contribution in [-0.4, -0.2) is 58.1 Å². The number of phenols is 1. The molecule has 3 heterocycles. The molecular formula is C29H36FN3O3.